The summed E-state index contributed by atoms with van der Waals surface area (Å²) >= 11 is 0. The maximum Gasteiger partial charge on any atom is 0.289 e. The summed E-state index contributed by atoms with van der Waals surface area (Å²) in [4.78, 5) is 13.8. The molecule has 25 heavy (non-hydrogen) atoms. The molecule has 1 aromatic heterocycles. The third-order valence-electron chi connectivity index (χ3n) is 4.32. The van der Waals surface area contributed by atoms with Crippen LogP contribution in [0.25, 0.3) is 22.1 Å². The van der Waals surface area contributed by atoms with Gasteiger partial charge in [-0.05, 0) is 47.9 Å². The van der Waals surface area contributed by atoms with Gasteiger partial charge in [-0.1, -0.05) is 25.5 Å². The van der Waals surface area contributed by atoms with Gasteiger partial charge in [0.15, 0.2) is 5.76 Å². The molecule has 3 aromatic rings. The Morgan fingerprint density at radius 1 is 1.12 bits per heavy atom. The van der Waals surface area contributed by atoms with E-state index in [1.54, 1.807) is 14.1 Å². The van der Waals surface area contributed by atoms with Crippen LogP contribution in [-0.4, -0.2) is 32.0 Å². The Balaban J connectivity index is 2.17. The van der Waals surface area contributed by atoms with Gasteiger partial charge in [0.25, 0.3) is 5.91 Å². The molecular formula is C21H24N2O2. The zero-order chi connectivity index (χ0) is 18.0. The van der Waals surface area contributed by atoms with Crippen molar-refractivity contribution >= 4 is 22.6 Å². The molecule has 0 saturated carbocycles. The molecule has 1 N–H and O–H groups in total. The predicted molar refractivity (Wildman–Crippen MR) is 103 cm³/mol. The van der Waals surface area contributed by atoms with E-state index >= 15 is 0 Å². The summed E-state index contributed by atoms with van der Waals surface area (Å²) in [6, 6.07) is 14.4. The van der Waals surface area contributed by atoms with Crippen molar-refractivity contribution in [3.05, 3.63) is 53.8 Å². The second kappa shape index (κ2) is 7.01. The van der Waals surface area contributed by atoms with Crippen LogP contribution in [0.4, 0.5) is 5.69 Å². The monoisotopic (exact) mass is 336 g/mol. The Bertz CT molecular complexity index is 892. The molecule has 0 atom stereocenters. The quantitative estimate of drug-likeness (QED) is 0.728. The molecule has 130 valence electrons. The second-order valence-electron chi connectivity index (χ2n) is 6.45. The van der Waals surface area contributed by atoms with E-state index in [1.165, 1.54) is 10.5 Å². The van der Waals surface area contributed by atoms with Crippen LogP contribution in [0, 0.1) is 0 Å². The van der Waals surface area contributed by atoms with Crippen LogP contribution >= 0.6 is 0 Å². The summed E-state index contributed by atoms with van der Waals surface area (Å²) in [6.45, 7) is 2.17. The van der Waals surface area contributed by atoms with Crippen molar-refractivity contribution in [2.24, 2.45) is 0 Å². The van der Waals surface area contributed by atoms with E-state index in [9.17, 15) is 4.79 Å². The molecule has 0 aliphatic heterocycles. The first kappa shape index (κ1) is 17.1. The van der Waals surface area contributed by atoms with Crippen molar-refractivity contribution in [3.63, 3.8) is 0 Å². The van der Waals surface area contributed by atoms with Crippen LogP contribution in [0.5, 0.6) is 0 Å². The Hall–Kier alpha value is -2.75. The van der Waals surface area contributed by atoms with Crippen molar-refractivity contribution in [3.8, 4) is 11.1 Å². The fourth-order valence-corrected chi connectivity index (χ4v) is 3.00. The van der Waals surface area contributed by atoms with Gasteiger partial charge in [-0.25, -0.2) is 0 Å². The average molecular weight is 336 g/mol. The highest BCUT2D eigenvalue weighted by atomic mass is 16.3. The molecule has 4 heteroatoms. The number of nitrogens with zero attached hydrogens (tertiary/aromatic N) is 1. The summed E-state index contributed by atoms with van der Waals surface area (Å²) in [5.41, 5.74) is 5.20. The third kappa shape index (κ3) is 3.38. The maximum absolute atomic E-state index is 12.3. The van der Waals surface area contributed by atoms with Gasteiger partial charge in [-0.3, -0.25) is 4.79 Å². The maximum atomic E-state index is 12.3. The number of amides is 1. The highest BCUT2D eigenvalue weighted by Gasteiger charge is 2.17. The first-order valence-electron chi connectivity index (χ1n) is 8.59. The molecule has 0 unspecified atom stereocenters. The Labute approximate surface area is 148 Å². The van der Waals surface area contributed by atoms with Crippen LogP contribution in [0.15, 0.2) is 46.9 Å². The fraction of sp³-hybridized carbons (Fsp3) is 0.286. The molecule has 0 saturated heterocycles. The molecule has 0 fully saturated rings. The molecule has 1 heterocycles. The minimum atomic E-state index is -0.121. The van der Waals surface area contributed by atoms with Crippen LogP contribution in [0.1, 0.15) is 29.5 Å². The van der Waals surface area contributed by atoms with E-state index in [4.69, 9.17) is 4.42 Å². The van der Waals surface area contributed by atoms with Gasteiger partial charge in [-0.2, -0.15) is 0 Å². The van der Waals surface area contributed by atoms with Crippen LogP contribution in [-0.2, 0) is 6.42 Å². The van der Waals surface area contributed by atoms with Crippen molar-refractivity contribution in [1.82, 2.24) is 4.90 Å². The lowest BCUT2D eigenvalue weighted by Gasteiger charge is -2.08. The first-order valence-corrected chi connectivity index (χ1v) is 8.59. The molecule has 1 amide bonds. The highest BCUT2D eigenvalue weighted by molar-refractivity contribution is 6.00. The number of anilines is 1. The van der Waals surface area contributed by atoms with E-state index < -0.39 is 0 Å². The van der Waals surface area contributed by atoms with E-state index in [2.05, 4.69) is 36.5 Å². The largest absolute Gasteiger partial charge is 0.450 e. The molecule has 0 spiro atoms. The molecule has 0 aliphatic rings. The van der Waals surface area contributed by atoms with Gasteiger partial charge < -0.3 is 14.6 Å². The lowest BCUT2D eigenvalue weighted by molar-refractivity contribution is 0.0799. The lowest BCUT2D eigenvalue weighted by atomic mass is 9.98. The zero-order valence-electron chi connectivity index (χ0n) is 15.2. The van der Waals surface area contributed by atoms with Gasteiger partial charge >= 0.3 is 0 Å². The number of carbonyl (C=O) groups excluding carboxylic acids is 1. The minimum Gasteiger partial charge on any atom is -0.450 e. The summed E-state index contributed by atoms with van der Waals surface area (Å²) in [5.74, 6) is 0.256. The molecular weight excluding hydrogens is 312 g/mol. The minimum absolute atomic E-state index is 0.121. The average Bonchev–Trinajstić information content (AvgIpc) is 3.04. The van der Waals surface area contributed by atoms with Gasteiger partial charge in [-0.15, -0.1) is 0 Å². The summed E-state index contributed by atoms with van der Waals surface area (Å²) in [5, 5.41) is 4.11. The van der Waals surface area contributed by atoms with Crippen LogP contribution in [0.3, 0.4) is 0 Å². The third-order valence-corrected chi connectivity index (χ3v) is 4.32. The van der Waals surface area contributed by atoms with Gasteiger partial charge in [0, 0.05) is 37.8 Å². The molecule has 4 nitrogen and oxygen atoms in total. The van der Waals surface area contributed by atoms with Gasteiger partial charge in [0.1, 0.15) is 5.58 Å². The number of aryl methyl sites for hydroxylation is 1. The number of carbonyl (C=O) groups is 1. The van der Waals surface area contributed by atoms with Crippen molar-refractivity contribution in [1.29, 1.82) is 0 Å². The SMILES string of the molecule is CCCc1cc(-c2ccc(NC)cc2)c2oc(C(=O)N(C)C)cc2c1. The summed E-state index contributed by atoms with van der Waals surface area (Å²) in [7, 11) is 5.37. The number of hydrogen-bond acceptors (Lipinski definition) is 3. The van der Waals surface area contributed by atoms with Gasteiger partial charge in [0.2, 0.25) is 0 Å². The van der Waals surface area contributed by atoms with Crippen LogP contribution in [0.2, 0.25) is 0 Å². The summed E-state index contributed by atoms with van der Waals surface area (Å²) < 4.78 is 5.96. The topological polar surface area (TPSA) is 45.5 Å². The number of benzene rings is 2. The molecule has 3 rings (SSSR count). The van der Waals surface area contributed by atoms with E-state index in [1.807, 2.05) is 25.2 Å². The number of rotatable bonds is 5. The van der Waals surface area contributed by atoms with Crippen molar-refractivity contribution in [2.45, 2.75) is 19.8 Å². The van der Waals surface area contributed by atoms with Crippen molar-refractivity contribution < 1.29 is 9.21 Å². The zero-order valence-corrected chi connectivity index (χ0v) is 15.2. The number of hydrogen-bond donors (Lipinski definition) is 1. The predicted octanol–water partition coefficient (Wildman–Crippen LogP) is 4.80. The fourth-order valence-electron chi connectivity index (χ4n) is 3.00. The van der Waals surface area contributed by atoms with Gasteiger partial charge in [0.05, 0.1) is 0 Å². The van der Waals surface area contributed by atoms with E-state index in [0.29, 0.717) is 5.76 Å². The highest BCUT2D eigenvalue weighted by Crippen LogP contribution is 2.33. The Kier molecular flexibility index (Phi) is 4.79. The number of nitrogens with one attached hydrogen (secondary N) is 1. The molecule has 0 bridgehead atoms. The second-order valence-corrected chi connectivity index (χ2v) is 6.45. The summed E-state index contributed by atoms with van der Waals surface area (Å²) in [6.07, 6.45) is 2.07. The van der Waals surface area contributed by atoms with E-state index in [0.717, 1.165) is 40.6 Å². The first-order chi connectivity index (χ1) is 12.0. The van der Waals surface area contributed by atoms with Crippen molar-refractivity contribution in [2.75, 3.05) is 26.5 Å². The van der Waals surface area contributed by atoms with E-state index in [-0.39, 0.29) is 5.91 Å². The molecule has 0 aliphatic carbocycles. The van der Waals surface area contributed by atoms with Crippen LogP contribution < -0.4 is 5.32 Å². The smallest absolute Gasteiger partial charge is 0.289 e. The number of fused-ring (bicyclic) bond motifs is 1. The Morgan fingerprint density at radius 2 is 1.84 bits per heavy atom. The number of furan rings is 1. The molecule has 0 radical (unpaired) electrons. The Morgan fingerprint density at radius 3 is 2.44 bits per heavy atom. The normalized spacial score (nSPS) is 10.9. The lowest BCUT2D eigenvalue weighted by Crippen LogP contribution is -2.20. The standard InChI is InChI=1S/C21H24N2O2/c1-5-6-14-11-16-13-19(21(24)23(3)4)25-20(16)18(12-14)15-7-9-17(22-2)10-8-15/h7-13,22H,5-6H2,1-4H3. The molecule has 2 aromatic carbocycles.